The summed E-state index contributed by atoms with van der Waals surface area (Å²) in [7, 11) is 0. The van der Waals surface area contributed by atoms with Crippen LogP contribution in [0, 0.1) is 17.3 Å². The molecule has 0 aromatic carbocycles. The standard InChI is InChI=1S/C21H24O7/c1-7-21(6)8-15(27-19(24)12(3)10-26-14(5)23)16-13(4)20(25)28-18(16)17(21)11(2)9-22/h7,9,15-18H,1-4,8,10H2,5-6H3/t15-,16+,17+,18-,21+/m0/s1. The summed E-state index contributed by atoms with van der Waals surface area (Å²) >= 11 is 0. The van der Waals surface area contributed by atoms with Gasteiger partial charge >= 0.3 is 17.9 Å². The molecule has 0 unspecified atom stereocenters. The molecule has 150 valence electrons. The van der Waals surface area contributed by atoms with E-state index in [9.17, 15) is 19.2 Å². The maximum atomic E-state index is 12.4. The Morgan fingerprint density at radius 1 is 1.36 bits per heavy atom. The van der Waals surface area contributed by atoms with Gasteiger partial charge in [-0.2, -0.15) is 0 Å². The van der Waals surface area contributed by atoms with Gasteiger partial charge in [0.05, 0.1) is 11.5 Å². The van der Waals surface area contributed by atoms with Crippen molar-refractivity contribution in [2.75, 3.05) is 6.61 Å². The van der Waals surface area contributed by atoms with E-state index in [4.69, 9.17) is 14.2 Å². The second kappa shape index (κ2) is 7.96. The average molecular weight is 388 g/mol. The Kier molecular flexibility index (Phi) is 6.07. The smallest absolute Gasteiger partial charge is 0.337 e. The molecule has 7 heteroatoms. The zero-order chi connectivity index (χ0) is 21.2. The first-order chi connectivity index (χ1) is 13.1. The Bertz CT molecular complexity index is 778. The van der Waals surface area contributed by atoms with Gasteiger partial charge in [0, 0.05) is 18.4 Å². The molecule has 1 aliphatic heterocycles. The Morgan fingerprint density at radius 3 is 2.54 bits per heavy atom. The number of carbonyl (C=O) groups excluding carboxylic acids is 4. The number of allylic oxidation sites excluding steroid dienone is 1. The van der Waals surface area contributed by atoms with Gasteiger partial charge in [0.15, 0.2) is 0 Å². The first kappa shape index (κ1) is 21.3. The fourth-order valence-electron chi connectivity index (χ4n) is 3.88. The normalized spacial score (nSPS) is 31.2. The van der Waals surface area contributed by atoms with Crippen LogP contribution in [0.3, 0.4) is 0 Å². The van der Waals surface area contributed by atoms with Crippen molar-refractivity contribution in [3.05, 3.63) is 49.1 Å². The lowest BCUT2D eigenvalue weighted by molar-refractivity contribution is -0.160. The highest BCUT2D eigenvalue weighted by Gasteiger charge is 2.58. The van der Waals surface area contributed by atoms with Gasteiger partial charge in [0.25, 0.3) is 0 Å². The molecule has 0 spiro atoms. The Hall–Kier alpha value is -2.96. The summed E-state index contributed by atoms with van der Waals surface area (Å²) < 4.78 is 15.8. The van der Waals surface area contributed by atoms with E-state index in [0.29, 0.717) is 6.29 Å². The fraction of sp³-hybridized carbons (Fsp3) is 0.429. The number of carbonyl (C=O) groups is 4. The maximum absolute atomic E-state index is 12.4. The molecule has 28 heavy (non-hydrogen) atoms. The van der Waals surface area contributed by atoms with Crippen molar-refractivity contribution in [1.82, 2.24) is 0 Å². The molecule has 1 saturated heterocycles. The predicted octanol–water partition coefficient (Wildman–Crippen LogP) is 2.08. The van der Waals surface area contributed by atoms with Gasteiger partial charge in [-0.15, -0.1) is 6.58 Å². The molecule has 7 nitrogen and oxygen atoms in total. The van der Waals surface area contributed by atoms with Gasteiger partial charge in [-0.3, -0.25) is 9.59 Å². The number of fused-ring (bicyclic) bond motifs is 1. The number of ether oxygens (including phenoxy) is 3. The zero-order valence-corrected chi connectivity index (χ0v) is 16.1. The quantitative estimate of drug-likeness (QED) is 0.217. The van der Waals surface area contributed by atoms with Crippen LogP contribution in [-0.4, -0.2) is 43.0 Å². The minimum Gasteiger partial charge on any atom is -0.461 e. The van der Waals surface area contributed by atoms with Gasteiger partial charge in [-0.25, -0.2) is 9.59 Å². The Balaban J connectivity index is 2.32. The van der Waals surface area contributed by atoms with E-state index in [1.54, 1.807) is 6.08 Å². The molecule has 2 rings (SSSR count). The molecule has 0 radical (unpaired) electrons. The molecular weight excluding hydrogens is 364 g/mol. The van der Waals surface area contributed by atoms with Crippen LogP contribution >= 0.6 is 0 Å². The van der Waals surface area contributed by atoms with Crippen molar-refractivity contribution in [2.24, 2.45) is 17.3 Å². The van der Waals surface area contributed by atoms with E-state index >= 15 is 0 Å². The molecule has 1 saturated carbocycles. The topological polar surface area (TPSA) is 96.0 Å². The van der Waals surface area contributed by atoms with Gasteiger partial charge in [-0.1, -0.05) is 32.7 Å². The van der Waals surface area contributed by atoms with Crippen LogP contribution in [-0.2, 0) is 33.4 Å². The lowest BCUT2D eigenvalue weighted by atomic mass is 9.59. The van der Waals surface area contributed by atoms with E-state index in [1.165, 1.54) is 6.92 Å². The van der Waals surface area contributed by atoms with Gasteiger partial charge in [0.2, 0.25) is 0 Å². The molecule has 0 aromatic heterocycles. The van der Waals surface area contributed by atoms with Gasteiger partial charge in [0.1, 0.15) is 25.1 Å². The summed E-state index contributed by atoms with van der Waals surface area (Å²) in [6.07, 6.45) is 1.04. The number of hydrogen-bond acceptors (Lipinski definition) is 7. The Morgan fingerprint density at radius 2 is 2.00 bits per heavy atom. The third kappa shape index (κ3) is 3.83. The lowest BCUT2D eigenvalue weighted by Gasteiger charge is -2.47. The van der Waals surface area contributed by atoms with Crippen molar-refractivity contribution >= 4 is 24.2 Å². The monoisotopic (exact) mass is 388 g/mol. The Labute approximate surface area is 163 Å². The number of hydrogen-bond donors (Lipinski definition) is 0. The van der Waals surface area contributed by atoms with E-state index in [2.05, 4.69) is 26.3 Å². The van der Waals surface area contributed by atoms with Crippen molar-refractivity contribution in [1.29, 1.82) is 0 Å². The molecule has 2 fully saturated rings. The van der Waals surface area contributed by atoms with Crippen molar-refractivity contribution in [2.45, 2.75) is 32.5 Å². The first-order valence-corrected chi connectivity index (χ1v) is 8.75. The highest BCUT2D eigenvalue weighted by Crippen LogP contribution is 2.53. The summed E-state index contributed by atoms with van der Waals surface area (Å²) in [5.41, 5.74) is -0.318. The van der Waals surface area contributed by atoms with Crippen LogP contribution in [0.25, 0.3) is 0 Å². The molecule has 1 heterocycles. The molecule has 0 N–H and O–H groups in total. The summed E-state index contributed by atoms with van der Waals surface area (Å²) in [6.45, 7) is 17.7. The summed E-state index contributed by atoms with van der Waals surface area (Å²) in [5, 5.41) is 0. The highest BCUT2D eigenvalue weighted by molar-refractivity contribution is 5.92. The van der Waals surface area contributed by atoms with Crippen LogP contribution < -0.4 is 0 Å². The van der Waals surface area contributed by atoms with Gasteiger partial charge < -0.3 is 14.2 Å². The SMILES string of the molecule is C=C[C@]1(C)C[C@H](OC(=O)C(=C)COC(C)=O)[C@H]2C(=C)C(=O)O[C@@H]2[C@H]1C(=C)C=O. The van der Waals surface area contributed by atoms with Crippen molar-refractivity contribution in [3.8, 4) is 0 Å². The average Bonchev–Trinajstić information content (AvgIpc) is 2.93. The van der Waals surface area contributed by atoms with Crippen LogP contribution in [0.2, 0.25) is 0 Å². The van der Waals surface area contributed by atoms with Crippen LogP contribution in [0.4, 0.5) is 0 Å². The number of esters is 3. The van der Waals surface area contributed by atoms with E-state index in [1.807, 2.05) is 6.92 Å². The zero-order valence-electron chi connectivity index (χ0n) is 16.1. The lowest BCUT2D eigenvalue weighted by Crippen LogP contribution is -2.51. The van der Waals surface area contributed by atoms with Crippen molar-refractivity contribution < 1.29 is 33.4 Å². The molecule has 1 aliphatic carbocycles. The molecular formula is C21H24O7. The summed E-state index contributed by atoms with van der Waals surface area (Å²) in [5.74, 6) is -3.06. The fourth-order valence-corrected chi connectivity index (χ4v) is 3.88. The predicted molar refractivity (Wildman–Crippen MR) is 99.8 cm³/mol. The van der Waals surface area contributed by atoms with Crippen LogP contribution in [0.15, 0.2) is 49.1 Å². The molecule has 5 atom stereocenters. The summed E-state index contributed by atoms with van der Waals surface area (Å²) in [6, 6.07) is 0. The molecule has 0 amide bonds. The van der Waals surface area contributed by atoms with E-state index < -0.39 is 47.4 Å². The van der Waals surface area contributed by atoms with E-state index in [-0.39, 0.29) is 29.7 Å². The minimum absolute atomic E-state index is 0.0395. The maximum Gasteiger partial charge on any atom is 0.337 e. The third-order valence-corrected chi connectivity index (χ3v) is 5.36. The third-order valence-electron chi connectivity index (χ3n) is 5.36. The van der Waals surface area contributed by atoms with E-state index in [0.717, 1.165) is 0 Å². The molecule has 0 bridgehead atoms. The number of rotatable bonds is 7. The van der Waals surface area contributed by atoms with Crippen LogP contribution in [0.1, 0.15) is 20.3 Å². The first-order valence-electron chi connectivity index (χ1n) is 8.75. The second-order valence-electron chi connectivity index (χ2n) is 7.33. The highest BCUT2D eigenvalue weighted by atomic mass is 16.6. The molecule has 2 aliphatic rings. The second-order valence-corrected chi connectivity index (χ2v) is 7.33. The largest absolute Gasteiger partial charge is 0.461 e. The number of aldehydes is 1. The van der Waals surface area contributed by atoms with Crippen molar-refractivity contribution in [3.63, 3.8) is 0 Å². The minimum atomic E-state index is -0.760. The van der Waals surface area contributed by atoms with Gasteiger partial charge in [-0.05, 0) is 17.4 Å². The molecule has 0 aromatic rings. The van der Waals surface area contributed by atoms with Crippen LogP contribution in [0.5, 0.6) is 0 Å². The summed E-state index contributed by atoms with van der Waals surface area (Å²) in [4.78, 5) is 46.9.